The van der Waals surface area contributed by atoms with Gasteiger partial charge in [0.25, 0.3) is 0 Å². The van der Waals surface area contributed by atoms with E-state index in [1.54, 1.807) is 18.3 Å². The van der Waals surface area contributed by atoms with E-state index >= 15 is 0 Å². The lowest BCUT2D eigenvalue weighted by atomic mass is 10.0. The standard InChI is InChI=1S/C27H27N5O3S2/c1-18-12-15-23(31(18)19-9-5-4-6-10-19)26-25(22-11-7-8-16-28-22)29-27(36)32(26)20-13-14-21(24(17-20)35-2)30-37(3,33)34/h4-17,25-26,30H,1-3H3,(H,29,36)/t25-,26-/m0/s1. The summed E-state index contributed by atoms with van der Waals surface area (Å²) in [6, 6.07) is 25.0. The van der Waals surface area contributed by atoms with Crippen LogP contribution in [0.5, 0.6) is 5.75 Å². The van der Waals surface area contributed by atoms with Gasteiger partial charge < -0.3 is 19.5 Å². The van der Waals surface area contributed by atoms with E-state index in [4.69, 9.17) is 17.0 Å². The number of sulfonamides is 1. The summed E-state index contributed by atoms with van der Waals surface area (Å²) in [6.45, 7) is 2.08. The molecular formula is C27H27N5O3S2. The van der Waals surface area contributed by atoms with E-state index in [9.17, 15) is 8.42 Å². The normalized spacial score (nSPS) is 17.5. The molecule has 190 valence electrons. The van der Waals surface area contributed by atoms with Crippen LogP contribution in [0.15, 0.2) is 85.1 Å². The molecule has 0 amide bonds. The molecule has 0 aliphatic carbocycles. The Labute approximate surface area is 222 Å². The Bertz CT molecular complexity index is 1540. The molecule has 0 radical (unpaired) electrons. The fourth-order valence-corrected chi connectivity index (χ4v) is 5.68. The van der Waals surface area contributed by atoms with Gasteiger partial charge in [0.05, 0.1) is 30.8 Å². The Hall–Kier alpha value is -3.89. The van der Waals surface area contributed by atoms with Gasteiger partial charge in [0, 0.05) is 35.0 Å². The maximum Gasteiger partial charge on any atom is 0.229 e. The minimum absolute atomic E-state index is 0.231. The largest absolute Gasteiger partial charge is 0.494 e. The molecule has 2 N–H and O–H groups in total. The molecular weight excluding hydrogens is 506 g/mol. The topological polar surface area (TPSA) is 88.5 Å². The molecule has 2 aromatic heterocycles. The van der Waals surface area contributed by atoms with Crippen molar-refractivity contribution < 1.29 is 13.2 Å². The number of hydrogen-bond donors (Lipinski definition) is 2. The third-order valence-corrected chi connectivity index (χ3v) is 7.19. The Balaban J connectivity index is 1.67. The molecule has 3 heterocycles. The maximum absolute atomic E-state index is 11.9. The molecule has 0 spiro atoms. The van der Waals surface area contributed by atoms with Crippen LogP contribution in [-0.4, -0.2) is 36.4 Å². The second-order valence-electron chi connectivity index (χ2n) is 8.83. The number of pyridine rings is 1. The number of aryl methyl sites for hydroxylation is 1. The number of nitrogens with one attached hydrogen (secondary N) is 2. The number of hydrogen-bond acceptors (Lipinski definition) is 5. The first kappa shape index (κ1) is 24.8. The molecule has 8 nitrogen and oxygen atoms in total. The third kappa shape index (κ3) is 4.90. The average molecular weight is 534 g/mol. The molecule has 10 heteroatoms. The zero-order valence-electron chi connectivity index (χ0n) is 20.6. The van der Waals surface area contributed by atoms with Crippen molar-refractivity contribution >= 4 is 38.7 Å². The van der Waals surface area contributed by atoms with Crippen LogP contribution in [0.25, 0.3) is 5.69 Å². The Morgan fingerprint density at radius 2 is 1.76 bits per heavy atom. The smallest absolute Gasteiger partial charge is 0.229 e. The second-order valence-corrected chi connectivity index (χ2v) is 11.0. The summed E-state index contributed by atoms with van der Waals surface area (Å²) in [5.41, 5.74) is 5.14. The fourth-order valence-electron chi connectivity index (χ4n) is 4.77. The Morgan fingerprint density at radius 1 is 1.00 bits per heavy atom. The number of ether oxygens (including phenoxy) is 1. The molecule has 2 atom stereocenters. The molecule has 4 aromatic rings. The number of thiocarbonyl (C=S) groups is 1. The van der Waals surface area contributed by atoms with Crippen molar-refractivity contribution in [2.24, 2.45) is 0 Å². The van der Waals surface area contributed by atoms with E-state index in [1.807, 2.05) is 47.4 Å². The average Bonchev–Trinajstić information content (AvgIpc) is 3.43. The van der Waals surface area contributed by atoms with Crippen LogP contribution in [0, 0.1) is 6.92 Å². The Kier molecular flexibility index (Phi) is 6.61. The van der Waals surface area contributed by atoms with Crippen molar-refractivity contribution in [3.8, 4) is 11.4 Å². The predicted octanol–water partition coefficient (Wildman–Crippen LogP) is 4.74. The van der Waals surface area contributed by atoms with Gasteiger partial charge in [-0.1, -0.05) is 24.3 Å². The van der Waals surface area contributed by atoms with Crippen LogP contribution in [0.1, 0.15) is 29.2 Å². The molecule has 1 aliphatic rings. The third-order valence-electron chi connectivity index (χ3n) is 6.28. The van der Waals surface area contributed by atoms with Gasteiger partial charge in [-0.05, 0) is 67.7 Å². The van der Waals surface area contributed by atoms with Crippen molar-refractivity contribution in [3.05, 3.63) is 102 Å². The molecule has 0 unspecified atom stereocenters. The van der Waals surface area contributed by atoms with Crippen LogP contribution in [0.3, 0.4) is 0 Å². The lowest BCUT2D eigenvalue weighted by Crippen LogP contribution is -2.30. The lowest BCUT2D eigenvalue weighted by molar-refractivity contribution is 0.417. The van der Waals surface area contributed by atoms with Gasteiger partial charge in [-0.25, -0.2) is 8.42 Å². The highest BCUT2D eigenvalue weighted by atomic mass is 32.2. The quantitative estimate of drug-likeness (QED) is 0.332. The summed E-state index contributed by atoms with van der Waals surface area (Å²) in [4.78, 5) is 6.67. The summed E-state index contributed by atoms with van der Waals surface area (Å²) in [6.07, 6.45) is 2.88. The van der Waals surface area contributed by atoms with E-state index in [1.165, 1.54) is 7.11 Å². The van der Waals surface area contributed by atoms with Gasteiger partial charge >= 0.3 is 0 Å². The summed E-state index contributed by atoms with van der Waals surface area (Å²) >= 11 is 5.87. The number of nitrogens with zero attached hydrogens (tertiary/aromatic N) is 3. The second kappa shape index (κ2) is 9.87. The molecule has 1 saturated heterocycles. The van der Waals surface area contributed by atoms with Crippen LogP contribution >= 0.6 is 12.2 Å². The van der Waals surface area contributed by atoms with E-state index < -0.39 is 10.0 Å². The van der Waals surface area contributed by atoms with Gasteiger partial charge in [-0.2, -0.15) is 0 Å². The van der Waals surface area contributed by atoms with Crippen molar-refractivity contribution in [1.29, 1.82) is 0 Å². The van der Waals surface area contributed by atoms with E-state index in [0.717, 1.165) is 34.7 Å². The van der Waals surface area contributed by atoms with Crippen molar-refractivity contribution in [2.75, 3.05) is 23.0 Å². The van der Waals surface area contributed by atoms with E-state index in [2.05, 4.69) is 50.8 Å². The SMILES string of the molecule is COc1cc(N2C(=S)N[C@@H](c3ccccn3)[C@@H]2c2ccc(C)n2-c2ccccc2)ccc1NS(C)(=O)=O. The first-order valence-electron chi connectivity index (χ1n) is 11.7. The molecule has 37 heavy (non-hydrogen) atoms. The van der Waals surface area contributed by atoms with Gasteiger partial charge in [-0.3, -0.25) is 9.71 Å². The zero-order valence-corrected chi connectivity index (χ0v) is 22.3. The van der Waals surface area contributed by atoms with E-state index in [-0.39, 0.29) is 12.1 Å². The molecule has 2 aromatic carbocycles. The van der Waals surface area contributed by atoms with Gasteiger partial charge in [-0.15, -0.1) is 0 Å². The number of benzene rings is 2. The van der Waals surface area contributed by atoms with Gasteiger partial charge in [0.15, 0.2) is 5.11 Å². The number of methoxy groups -OCH3 is 1. The molecule has 0 bridgehead atoms. The van der Waals surface area contributed by atoms with Crippen LogP contribution in [0.4, 0.5) is 11.4 Å². The van der Waals surface area contributed by atoms with Crippen molar-refractivity contribution in [2.45, 2.75) is 19.0 Å². The minimum atomic E-state index is -3.48. The first-order chi connectivity index (χ1) is 17.8. The van der Waals surface area contributed by atoms with Crippen LogP contribution in [0.2, 0.25) is 0 Å². The monoisotopic (exact) mass is 533 g/mol. The fraction of sp³-hybridized carbons (Fsp3) is 0.185. The summed E-state index contributed by atoms with van der Waals surface area (Å²) in [5.74, 6) is 0.389. The Morgan fingerprint density at radius 3 is 2.43 bits per heavy atom. The minimum Gasteiger partial charge on any atom is -0.494 e. The number of anilines is 2. The highest BCUT2D eigenvalue weighted by molar-refractivity contribution is 7.92. The highest BCUT2D eigenvalue weighted by Crippen LogP contribution is 2.44. The number of rotatable bonds is 7. The number of aromatic nitrogens is 2. The van der Waals surface area contributed by atoms with Gasteiger partial charge in [0.1, 0.15) is 11.8 Å². The predicted molar refractivity (Wildman–Crippen MR) is 150 cm³/mol. The highest BCUT2D eigenvalue weighted by Gasteiger charge is 2.42. The summed E-state index contributed by atoms with van der Waals surface area (Å²) in [7, 11) is -1.97. The van der Waals surface area contributed by atoms with Crippen molar-refractivity contribution in [3.63, 3.8) is 0 Å². The van der Waals surface area contributed by atoms with Gasteiger partial charge in [0.2, 0.25) is 10.0 Å². The molecule has 1 fully saturated rings. The number of para-hydroxylation sites is 1. The van der Waals surface area contributed by atoms with E-state index in [0.29, 0.717) is 16.5 Å². The molecule has 0 saturated carbocycles. The zero-order chi connectivity index (χ0) is 26.2. The molecule has 5 rings (SSSR count). The first-order valence-corrected chi connectivity index (χ1v) is 14.0. The van der Waals surface area contributed by atoms with Crippen molar-refractivity contribution in [1.82, 2.24) is 14.9 Å². The maximum atomic E-state index is 11.9. The van der Waals surface area contributed by atoms with Crippen LogP contribution < -0.4 is 19.7 Å². The summed E-state index contributed by atoms with van der Waals surface area (Å²) in [5, 5.41) is 4.01. The lowest BCUT2D eigenvalue weighted by Gasteiger charge is -2.30. The summed E-state index contributed by atoms with van der Waals surface area (Å²) < 4.78 is 34.0. The van der Waals surface area contributed by atoms with Crippen LogP contribution in [-0.2, 0) is 10.0 Å². The molecule has 1 aliphatic heterocycles.